The predicted molar refractivity (Wildman–Crippen MR) is 85.9 cm³/mol. The number of para-hydroxylation sites is 1. The zero-order valence-corrected chi connectivity index (χ0v) is 12.9. The lowest BCUT2D eigenvalue weighted by Crippen LogP contribution is -2.04. The second-order valence-electron chi connectivity index (χ2n) is 4.59. The van der Waals surface area contributed by atoms with E-state index in [1.165, 1.54) is 0 Å². The van der Waals surface area contributed by atoms with E-state index in [0.717, 1.165) is 15.4 Å². The highest BCUT2D eigenvalue weighted by Gasteiger charge is 2.15. The van der Waals surface area contributed by atoms with Crippen LogP contribution in [0.2, 0.25) is 0 Å². The van der Waals surface area contributed by atoms with Gasteiger partial charge in [0.15, 0.2) is 5.78 Å². The molecule has 0 saturated heterocycles. The number of nitrogens with zero attached hydrogens (tertiary/aromatic N) is 1. The van der Waals surface area contributed by atoms with E-state index in [9.17, 15) is 4.79 Å². The molecule has 2 aromatic carbocycles. The van der Waals surface area contributed by atoms with Gasteiger partial charge < -0.3 is 4.74 Å². The van der Waals surface area contributed by atoms with Gasteiger partial charge in [-0.15, -0.1) is 0 Å². The second kappa shape index (κ2) is 5.66. The van der Waals surface area contributed by atoms with Crippen molar-refractivity contribution < 1.29 is 9.53 Å². The highest BCUT2D eigenvalue weighted by molar-refractivity contribution is 9.10. The Hall–Kier alpha value is -2.20. The maximum Gasteiger partial charge on any atom is 0.198 e. The summed E-state index contributed by atoms with van der Waals surface area (Å²) in [6, 6.07) is 14.9. The molecule has 0 saturated carbocycles. The molecule has 0 unspecified atom stereocenters. The Morgan fingerprint density at radius 1 is 1.14 bits per heavy atom. The van der Waals surface area contributed by atoms with Crippen LogP contribution in [0.5, 0.6) is 5.75 Å². The number of methoxy groups -OCH3 is 1. The fourth-order valence-corrected chi connectivity index (χ4v) is 2.54. The lowest BCUT2D eigenvalue weighted by molar-refractivity contribution is 0.103. The van der Waals surface area contributed by atoms with E-state index in [1.54, 1.807) is 25.4 Å². The van der Waals surface area contributed by atoms with Crippen LogP contribution < -0.4 is 4.74 Å². The van der Waals surface area contributed by atoms with Crippen LogP contribution in [0.25, 0.3) is 10.9 Å². The molecule has 0 N–H and O–H groups in total. The van der Waals surface area contributed by atoms with E-state index < -0.39 is 0 Å². The van der Waals surface area contributed by atoms with Crippen molar-refractivity contribution in [1.29, 1.82) is 0 Å². The minimum atomic E-state index is -0.0994. The molecule has 0 bridgehead atoms. The van der Waals surface area contributed by atoms with Gasteiger partial charge in [0.2, 0.25) is 0 Å². The van der Waals surface area contributed by atoms with Crippen LogP contribution in [0.15, 0.2) is 59.2 Å². The zero-order chi connectivity index (χ0) is 14.8. The maximum atomic E-state index is 12.6. The van der Waals surface area contributed by atoms with Crippen molar-refractivity contribution in [2.45, 2.75) is 0 Å². The van der Waals surface area contributed by atoms with Crippen LogP contribution in [0.4, 0.5) is 0 Å². The first-order valence-corrected chi connectivity index (χ1v) is 7.21. The number of carbonyl (C=O) groups is 1. The molecule has 0 atom stereocenters. The minimum absolute atomic E-state index is 0.0994. The average Bonchev–Trinajstić information content (AvgIpc) is 2.53. The fraction of sp³-hybridized carbons (Fsp3) is 0.0588. The summed E-state index contributed by atoms with van der Waals surface area (Å²) < 4.78 is 6.15. The van der Waals surface area contributed by atoms with Crippen LogP contribution in [0.1, 0.15) is 15.9 Å². The minimum Gasteiger partial charge on any atom is -0.496 e. The van der Waals surface area contributed by atoms with Crippen molar-refractivity contribution in [3.63, 3.8) is 0 Å². The monoisotopic (exact) mass is 341 g/mol. The summed E-state index contributed by atoms with van der Waals surface area (Å²) in [4.78, 5) is 17.0. The molecule has 0 radical (unpaired) electrons. The van der Waals surface area contributed by atoms with Crippen molar-refractivity contribution >= 4 is 32.6 Å². The molecule has 21 heavy (non-hydrogen) atoms. The van der Waals surface area contributed by atoms with Gasteiger partial charge in [0, 0.05) is 21.6 Å². The van der Waals surface area contributed by atoms with Crippen molar-refractivity contribution in [2.75, 3.05) is 7.11 Å². The van der Waals surface area contributed by atoms with Crippen molar-refractivity contribution in [2.24, 2.45) is 0 Å². The number of fused-ring (bicyclic) bond motifs is 1. The number of ketones is 1. The molecule has 0 aliphatic carbocycles. The maximum absolute atomic E-state index is 12.6. The molecule has 1 heterocycles. The summed E-state index contributed by atoms with van der Waals surface area (Å²) in [6.45, 7) is 0. The number of rotatable bonds is 3. The van der Waals surface area contributed by atoms with Crippen molar-refractivity contribution in [3.8, 4) is 5.75 Å². The van der Waals surface area contributed by atoms with Crippen molar-refractivity contribution in [3.05, 3.63) is 70.3 Å². The molecular weight excluding hydrogens is 330 g/mol. The van der Waals surface area contributed by atoms with Gasteiger partial charge in [-0.25, -0.2) is 0 Å². The standard InChI is InChI=1S/C17H12BrNO2/c1-21-16-9-13(18)6-7-14(16)17(20)12-8-11-4-2-3-5-15(11)19-10-12/h2-10H,1H3. The topological polar surface area (TPSA) is 39.2 Å². The van der Waals surface area contributed by atoms with Gasteiger partial charge in [0.1, 0.15) is 5.75 Å². The van der Waals surface area contributed by atoms with Gasteiger partial charge in [-0.3, -0.25) is 9.78 Å². The smallest absolute Gasteiger partial charge is 0.198 e. The lowest BCUT2D eigenvalue weighted by Gasteiger charge is -2.08. The molecule has 1 aromatic heterocycles. The van der Waals surface area contributed by atoms with Gasteiger partial charge >= 0.3 is 0 Å². The summed E-state index contributed by atoms with van der Waals surface area (Å²) >= 11 is 3.37. The van der Waals surface area contributed by atoms with Crippen LogP contribution >= 0.6 is 15.9 Å². The summed E-state index contributed by atoms with van der Waals surface area (Å²) in [5, 5.41) is 0.944. The Kier molecular flexibility index (Phi) is 3.71. The predicted octanol–water partition coefficient (Wildman–Crippen LogP) is 4.24. The Bertz CT molecular complexity index is 830. The highest BCUT2D eigenvalue weighted by Crippen LogP contribution is 2.26. The number of hydrogen-bond donors (Lipinski definition) is 0. The van der Waals surface area contributed by atoms with Crippen molar-refractivity contribution in [1.82, 2.24) is 4.98 Å². The Labute approximate surface area is 130 Å². The van der Waals surface area contributed by atoms with Gasteiger partial charge in [-0.1, -0.05) is 34.1 Å². The molecule has 0 spiro atoms. The fourth-order valence-electron chi connectivity index (χ4n) is 2.20. The molecule has 0 aliphatic heterocycles. The first-order chi connectivity index (χ1) is 10.2. The molecule has 0 aliphatic rings. The van der Waals surface area contributed by atoms with Crippen LogP contribution in [0, 0.1) is 0 Å². The van der Waals surface area contributed by atoms with Crippen LogP contribution in [-0.4, -0.2) is 17.9 Å². The van der Waals surface area contributed by atoms with Gasteiger partial charge in [0.05, 0.1) is 18.2 Å². The third kappa shape index (κ3) is 2.67. The Balaban J connectivity index is 2.08. The molecule has 3 rings (SSSR count). The van der Waals surface area contributed by atoms with E-state index in [2.05, 4.69) is 20.9 Å². The summed E-state index contributed by atoms with van der Waals surface area (Å²) in [5.74, 6) is 0.445. The number of hydrogen-bond acceptors (Lipinski definition) is 3. The molecule has 0 amide bonds. The molecule has 3 nitrogen and oxygen atoms in total. The third-order valence-electron chi connectivity index (χ3n) is 3.26. The third-order valence-corrected chi connectivity index (χ3v) is 3.75. The molecule has 0 fully saturated rings. The van der Waals surface area contributed by atoms with E-state index in [0.29, 0.717) is 16.9 Å². The first kappa shape index (κ1) is 13.8. The lowest BCUT2D eigenvalue weighted by atomic mass is 10.0. The van der Waals surface area contributed by atoms with E-state index in [1.807, 2.05) is 36.4 Å². The SMILES string of the molecule is COc1cc(Br)ccc1C(=O)c1cnc2ccccc2c1. The normalized spacial score (nSPS) is 10.6. The number of halogens is 1. The number of benzene rings is 2. The molecule has 104 valence electrons. The number of carbonyl (C=O) groups excluding carboxylic acids is 1. The quantitative estimate of drug-likeness (QED) is 0.669. The van der Waals surface area contributed by atoms with Gasteiger partial charge in [0.25, 0.3) is 0 Å². The second-order valence-corrected chi connectivity index (χ2v) is 5.51. The summed E-state index contributed by atoms with van der Waals surface area (Å²) in [5.41, 5.74) is 1.95. The number of aromatic nitrogens is 1. The van der Waals surface area contributed by atoms with Gasteiger partial charge in [-0.2, -0.15) is 0 Å². The largest absolute Gasteiger partial charge is 0.496 e. The molecule has 3 aromatic rings. The van der Waals surface area contributed by atoms with E-state index in [4.69, 9.17) is 4.74 Å². The Morgan fingerprint density at radius 2 is 1.95 bits per heavy atom. The molecular formula is C17H12BrNO2. The molecule has 4 heteroatoms. The highest BCUT2D eigenvalue weighted by atomic mass is 79.9. The number of pyridine rings is 1. The first-order valence-electron chi connectivity index (χ1n) is 6.42. The summed E-state index contributed by atoms with van der Waals surface area (Å²) in [7, 11) is 1.55. The summed E-state index contributed by atoms with van der Waals surface area (Å²) in [6.07, 6.45) is 1.60. The number of ether oxygens (including phenoxy) is 1. The van der Waals surface area contributed by atoms with Gasteiger partial charge in [-0.05, 0) is 30.3 Å². The zero-order valence-electron chi connectivity index (χ0n) is 11.3. The van der Waals surface area contributed by atoms with E-state index in [-0.39, 0.29) is 5.78 Å². The van der Waals surface area contributed by atoms with Crippen LogP contribution in [-0.2, 0) is 0 Å². The van der Waals surface area contributed by atoms with E-state index >= 15 is 0 Å². The van der Waals surface area contributed by atoms with Crippen LogP contribution in [0.3, 0.4) is 0 Å². The average molecular weight is 342 g/mol. The Morgan fingerprint density at radius 3 is 2.76 bits per heavy atom.